The summed E-state index contributed by atoms with van der Waals surface area (Å²) in [7, 11) is 0. The van der Waals surface area contributed by atoms with E-state index in [2.05, 4.69) is 10.1 Å². The van der Waals surface area contributed by atoms with E-state index in [9.17, 15) is 18.4 Å². The molecule has 0 aliphatic carbocycles. The molecule has 0 atom stereocenters. The maximum Gasteiger partial charge on any atom is 0.356 e. The van der Waals surface area contributed by atoms with Crippen molar-refractivity contribution >= 4 is 5.97 Å². The number of alkyl halides is 2. The highest BCUT2D eigenvalue weighted by molar-refractivity contribution is 5.84. The van der Waals surface area contributed by atoms with Gasteiger partial charge in [0.2, 0.25) is 0 Å². The molecule has 0 amide bonds. The zero-order valence-electron chi connectivity index (χ0n) is 9.40. The van der Waals surface area contributed by atoms with Crippen LogP contribution in [0, 0.1) is 0 Å². The lowest BCUT2D eigenvalue weighted by atomic mass is 10.4. The molecule has 0 saturated heterocycles. The van der Waals surface area contributed by atoms with Gasteiger partial charge in [0.1, 0.15) is 12.4 Å². The topological polar surface area (TPSA) is 90.0 Å². The Bertz CT molecular complexity index is 665. The molecule has 0 fully saturated rings. The first kappa shape index (κ1) is 12.9. The molecule has 0 aliphatic heterocycles. The molecule has 0 bridgehead atoms. The van der Waals surface area contributed by atoms with Gasteiger partial charge < -0.3 is 5.11 Å². The molecule has 2 aromatic rings. The third kappa shape index (κ3) is 2.64. The highest BCUT2D eigenvalue weighted by Crippen LogP contribution is 2.12. The van der Waals surface area contributed by atoms with Crippen LogP contribution in [0.5, 0.6) is 0 Å². The molecule has 1 N–H and O–H groups in total. The fourth-order valence-corrected chi connectivity index (χ4v) is 1.45. The summed E-state index contributed by atoms with van der Waals surface area (Å²) in [4.78, 5) is 25.9. The van der Waals surface area contributed by atoms with Gasteiger partial charge in [-0.3, -0.25) is 9.36 Å². The minimum absolute atomic E-state index is 0.0906. The lowest BCUT2D eigenvalue weighted by Gasteiger charge is -2.07. The van der Waals surface area contributed by atoms with Gasteiger partial charge >= 0.3 is 12.5 Å². The van der Waals surface area contributed by atoms with Crippen LogP contribution in [0.1, 0.15) is 22.9 Å². The lowest BCUT2D eigenvalue weighted by Crippen LogP contribution is -2.26. The second-order valence-electron chi connectivity index (χ2n) is 3.55. The van der Waals surface area contributed by atoms with Crippen LogP contribution in [-0.4, -0.2) is 30.4 Å². The van der Waals surface area contributed by atoms with Crippen LogP contribution in [0.3, 0.4) is 0 Å². The van der Waals surface area contributed by atoms with Crippen molar-refractivity contribution in [1.29, 1.82) is 0 Å². The third-order valence-corrected chi connectivity index (χ3v) is 2.34. The van der Waals surface area contributed by atoms with E-state index in [1.54, 1.807) is 0 Å². The predicted molar refractivity (Wildman–Crippen MR) is 58.0 cm³/mol. The Kier molecular flexibility index (Phi) is 3.36. The summed E-state index contributed by atoms with van der Waals surface area (Å²) in [5.74, 6) is -1.40. The van der Waals surface area contributed by atoms with E-state index < -0.39 is 18.1 Å². The van der Waals surface area contributed by atoms with E-state index in [0.717, 1.165) is 29.2 Å². The molecule has 9 heteroatoms. The summed E-state index contributed by atoms with van der Waals surface area (Å²) < 4.78 is 26.5. The van der Waals surface area contributed by atoms with E-state index in [4.69, 9.17) is 5.11 Å². The smallest absolute Gasteiger partial charge is 0.356 e. The number of carboxylic acids is 1. The van der Waals surface area contributed by atoms with Crippen LogP contribution < -0.4 is 5.56 Å². The average molecular weight is 270 g/mol. The molecule has 2 aromatic heterocycles. The van der Waals surface area contributed by atoms with Crippen LogP contribution in [0.15, 0.2) is 29.3 Å². The van der Waals surface area contributed by atoms with Crippen molar-refractivity contribution in [3.63, 3.8) is 0 Å². The van der Waals surface area contributed by atoms with Gasteiger partial charge in [0.15, 0.2) is 5.69 Å². The molecule has 2 heterocycles. The molecule has 2 rings (SSSR count). The second kappa shape index (κ2) is 4.96. The van der Waals surface area contributed by atoms with Crippen LogP contribution in [-0.2, 0) is 6.54 Å². The molecular formula is C10H8F2N4O3. The maximum atomic E-state index is 12.6. The summed E-state index contributed by atoms with van der Waals surface area (Å²) in [5.41, 5.74) is -0.955. The molecular weight excluding hydrogens is 262 g/mol. The number of nitrogens with zero attached hydrogens (tertiary/aromatic N) is 4. The maximum absolute atomic E-state index is 12.6. The molecule has 0 radical (unpaired) electrons. The van der Waals surface area contributed by atoms with Gasteiger partial charge in [-0.15, -0.1) is 0 Å². The van der Waals surface area contributed by atoms with Gasteiger partial charge in [-0.25, -0.2) is 14.5 Å². The standard InChI is InChI=1S/C10H8F2N4O3/c11-10(12)15-4-3-13-7(15)5-16-8(17)2-1-6(14-16)9(18)19/h1-4,10H,5H2,(H,18,19). The fraction of sp³-hybridized carbons (Fsp3) is 0.200. The molecule has 0 aliphatic rings. The number of imidazole rings is 1. The first-order chi connectivity index (χ1) is 8.99. The Morgan fingerprint density at radius 2 is 2.16 bits per heavy atom. The Hall–Kier alpha value is -2.58. The minimum Gasteiger partial charge on any atom is -0.476 e. The first-order valence-electron chi connectivity index (χ1n) is 5.10. The van der Waals surface area contributed by atoms with E-state index in [-0.39, 0.29) is 18.1 Å². The third-order valence-electron chi connectivity index (χ3n) is 2.34. The molecule has 7 nitrogen and oxygen atoms in total. The lowest BCUT2D eigenvalue weighted by molar-refractivity contribution is 0.0656. The van der Waals surface area contributed by atoms with E-state index in [1.807, 2.05) is 0 Å². The Balaban J connectivity index is 2.38. The summed E-state index contributed by atoms with van der Waals surface area (Å²) >= 11 is 0. The predicted octanol–water partition coefficient (Wildman–Crippen LogP) is 0.581. The van der Waals surface area contributed by atoms with Crippen molar-refractivity contribution in [3.8, 4) is 0 Å². The molecule has 100 valence electrons. The highest BCUT2D eigenvalue weighted by Gasteiger charge is 2.14. The van der Waals surface area contributed by atoms with Gasteiger partial charge in [0.05, 0.1) is 0 Å². The highest BCUT2D eigenvalue weighted by atomic mass is 19.3. The van der Waals surface area contributed by atoms with Crippen molar-refractivity contribution in [1.82, 2.24) is 19.3 Å². The summed E-state index contributed by atoms with van der Waals surface area (Å²) in [6.45, 7) is -3.13. The molecule has 19 heavy (non-hydrogen) atoms. The second-order valence-corrected chi connectivity index (χ2v) is 3.55. The average Bonchev–Trinajstić information content (AvgIpc) is 2.80. The normalized spacial score (nSPS) is 10.9. The van der Waals surface area contributed by atoms with Crippen LogP contribution >= 0.6 is 0 Å². The van der Waals surface area contributed by atoms with Crippen LogP contribution in [0.25, 0.3) is 0 Å². The minimum atomic E-state index is -2.80. The van der Waals surface area contributed by atoms with Gasteiger partial charge in [0.25, 0.3) is 5.56 Å². The van der Waals surface area contributed by atoms with Gasteiger partial charge in [0, 0.05) is 18.5 Å². The largest absolute Gasteiger partial charge is 0.476 e. The summed E-state index contributed by atoms with van der Waals surface area (Å²) in [5, 5.41) is 12.3. The van der Waals surface area contributed by atoms with Crippen molar-refractivity contribution in [3.05, 3.63) is 46.4 Å². The number of hydrogen-bond acceptors (Lipinski definition) is 4. The Morgan fingerprint density at radius 1 is 1.42 bits per heavy atom. The Labute approximate surface area is 104 Å². The first-order valence-corrected chi connectivity index (χ1v) is 5.10. The molecule has 0 spiro atoms. The van der Waals surface area contributed by atoms with E-state index in [1.165, 1.54) is 0 Å². The van der Waals surface area contributed by atoms with Gasteiger partial charge in [-0.05, 0) is 6.07 Å². The van der Waals surface area contributed by atoms with Crippen molar-refractivity contribution < 1.29 is 18.7 Å². The fourth-order valence-electron chi connectivity index (χ4n) is 1.45. The van der Waals surface area contributed by atoms with Crippen molar-refractivity contribution in [2.75, 3.05) is 0 Å². The number of carboxylic acid groups (broad SMARTS) is 1. The Morgan fingerprint density at radius 3 is 2.79 bits per heavy atom. The number of aromatic carboxylic acids is 1. The zero-order chi connectivity index (χ0) is 14.0. The SMILES string of the molecule is O=C(O)c1ccc(=O)n(Cc2nccn2C(F)F)n1. The molecule has 0 unspecified atom stereocenters. The van der Waals surface area contributed by atoms with Crippen molar-refractivity contribution in [2.45, 2.75) is 13.1 Å². The van der Waals surface area contributed by atoms with Gasteiger partial charge in [-0.1, -0.05) is 0 Å². The van der Waals surface area contributed by atoms with E-state index >= 15 is 0 Å². The van der Waals surface area contributed by atoms with E-state index in [0.29, 0.717) is 4.57 Å². The monoisotopic (exact) mass is 270 g/mol. The quantitative estimate of drug-likeness (QED) is 0.877. The number of halogens is 2. The number of rotatable bonds is 4. The molecule has 0 aromatic carbocycles. The summed E-state index contributed by atoms with van der Waals surface area (Å²) in [6, 6.07) is 2.05. The number of carbonyl (C=O) groups is 1. The number of hydrogen-bond donors (Lipinski definition) is 1. The van der Waals surface area contributed by atoms with Crippen LogP contribution in [0.4, 0.5) is 8.78 Å². The van der Waals surface area contributed by atoms with Gasteiger partial charge in [-0.2, -0.15) is 13.9 Å². The zero-order valence-corrected chi connectivity index (χ0v) is 9.40. The van der Waals surface area contributed by atoms with Crippen molar-refractivity contribution in [2.24, 2.45) is 0 Å². The van der Waals surface area contributed by atoms with Crippen LogP contribution in [0.2, 0.25) is 0 Å². The molecule has 0 saturated carbocycles. The summed E-state index contributed by atoms with van der Waals surface area (Å²) in [6.07, 6.45) is 2.22. The number of aromatic nitrogens is 4.